The third-order valence-electron chi connectivity index (χ3n) is 2.41. The zero-order chi connectivity index (χ0) is 8.27. The van der Waals surface area contributed by atoms with Crippen LogP contribution in [-0.4, -0.2) is 11.2 Å². The third-order valence-corrected chi connectivity index (χ3v) is 2.41. The van der Waals surface area contributed by atoms with Gasteiger partial charge in [0.15, 0.2) is 0 Å². The molecule has 1 saturated carbocycles. The average Bonchev–Trinajstić information content (AvgIpc) is 2.67. The molecule has 0 radical (unpaired) electrons. The highest BCUT2D eigenvalue weighted by molar-refractivity contribution is 4.97. The molecule has 1 fully saturated rings. The van der Waals surface area contributed by atoms with E-state index in [2.05, 4.69) is 18.8 Å². The van der Waals surface area contributed by atoms with Crippen molar-refractivity contribution in [2.24, 2.45) is 11.8 Å². The Hall–Kier alpha value is -0.480. The van der Waals surface area contributed by atoms with Crippen LogP contribution < -0.4 is 0 Å². The van der Waals surface area contributed by atoms with E-state index < -0.39 is 0 Å². The van der Waals surface area contributed by atoms with Gasteiger partial charge in [-0.3, -0.25) is 0 Å². The molecular weight excluding hydrogens is 136 g/mol. The number of aliphatic hydroxyl groups is 1. The highest BCUT2D eigenvalue weighted by Gasteiger charge is 2.37. The molecule has 1 rings (SSSR count). The fraction of sp³-hybridized carbons (Fsp3) is 0.800. The fourth-order valence-electron chi connectivity index (χ4n) is 1.45. The maximum atomic E-state index is 9.52. The molecule has 1 aliphatic carbocycles. The van der Waals surface area contributed by atoms with Gasteiger partial charge < -0.3 is 5.11 Å². The van der Waals surface area contributed by atoms with Crippen LogP contribution in [0, 0.1) is 23.7 Å². The van der Waals surface area contributed by atoms with Gasteiger partial charge in [0.05, 0.1) is 6.10 Å². The normalized spacial score (nSPS) is 30.5. The first-order valence-corrected chi connectivity index (χ1v) is 4.33. The lowest BCUT2D eigenvalue weighted by Gasteiger charge is -2.05. The van der Waals surface area contributed by atoms with Gasteiger partial charge in [0, 0.05) is 6.42 Å². The molecule has 1 aliphatic rings. The molecule has 0 aromatic carbocycles. The highest BCUT2D eigenvalue weighted by Crippen LogP contribution is 2.41. The van der Waals surface area contributed by atoms with E-state index >= 15 is 0 Å². The summed E-state index contributed by atoms with van der Waals surface area (Å²) in [6.45, 7) is 4.03. The van der Waals surface area contributed by atoms with Crippen LogP contribution in [-0.2, 0) is 0 Å². The van der Waals surface area contributed by atoms with Gasteiger partial charge in [0.2, 0.25) is 0 Å². The molecule has 1 N–H and O–H groups in total. The monoisotopic (exact) mass is 152 g/mol. The molecule has 0 heterocycles. The van der Waals surface area contributed by atoms with Crippen LogP contribution in [0.1, 0.15) is 33.1 Å². The standard InChI is InChI=1S/C10H16O/c1-3-4-5-6-10(11)9-7-8(9)2/h8-11H,5-7H2,1-2H3. The van der Waals surface area contributed by atoms with Gasteiger partial charge in [0.1, 0.15) is 0 Å². The zero-order valence-electron chi connectivity index (χ0n) is 7.30. The lowest BCUT2D eigenvalue weighted by atomic mass is 10.1. The summed E-state index contributed by atoms with van der Waals surface area (Å²) in [5.41, 5.74) is 0. The van der Waals surface area contributed by atoms with Crippen molar-refractivity contribution in [3.8, 4) is 11.8 Å². The van der Waals surface area contributed by atoms with Crippen LogP contribution in [0.5, 0.6) is 0 Å². The molecule has 0 aromatic rings. The number of hydrogen-bond donors (Lipinski definition) is 1. The molecule has 0 aromatic heterocycles. The van der Waals surface area contributed by atoms with E-state index in [0.29, 0.717) is 5.92 Å². The summed E-state index contributed by atoms with van der Waals surface area (Å²) in [5.74, 6) is 7.13. The molecule has 1 nitrogen and oxygen atoms in total. The van der Waals surface area contributed by atoms with Crippen molar-refractivity contribution in [3.63, 3.8) is 0 Å². The van der Waals surface area contributed by atoms with Crippen molar-refractivity contribution in [2.45, 2.75) is 39.2 Å². The molecular formula is C10H16O. The summed E-state index contributed by atoms with van der Waals surface area (Å²) in [6.07, 6.45) is 2.82. The zero-order valence-corrected chi connectivity index (χ0v) is 7.30. The van der Waals surface area contributed by atoms with Crippen LogP contribution in [0.15, 0.2) is 0 Å². The summed E-state index contributed by atoms with van der Waals surface area (Å²) >= 11 is 0. The topological polar surface area (TPSA) is 20.2 Å². The van der Waals surface area contributed by atoms with Crippen LogP contribution >= 0.6 is 0 Å². The van der Waals surface area contributed by atoms with Gasteiger partial charge in [0.25, 0.3) is 0 Å². The van der Waals surface area contributed by atoms with Gasteiger partial charge in [-0.2, -0.15) is 0 Å². The second-order valence-electron chi connectivity index (χ2n) is 3.41. The second kappa shape index (κ2) is 3.78. The molecule has 3 unspecified atom stereocenters. The molecule has 0 saturated heterocycles. The Morgan fingerprint density at radius 2 is 2.27 bits per heavy atom. The Bertz CT molecular complexity index is 175. The molecule has 62 valence electrons. The largest absolute Gasteiger partial charge is 0.393 e. The molecule has 0 bridgehead atoms. The summed E-state index contributed by atoms with van der Waals surface area (Å²) < 4.78 is 0. The van der Waals surface area contributed by atoms with E-state index in [-0.39, 0.29) is 6.10 Å². The number of rotatable bonds is 3. The summed E-state index contributed by atoms with van der Waals surface area (Å²) in [5, 5.41) is 9.52. The fourth-order valence-corrected chi connectivity index (χ4v) is 1.45. The molecule has 0 amide bonds. The van der Waals surface area contributed by atoms with Gasteiger partial charge in [-0.15, -0.1) is 11.8 Å². The van der Waals surface area contributed by atoms with Crippen LogP contribution in [0.3, 0.4) is 0 Å². The van der Waals surface area contributed by atoms with Gasteiger partial charge >= 0.3 is 0 Å². The van der Waals surface area contributed by atoms with Gasteiger partial charge in [-0.1, -0.05) is 6.92 Å². The highest BCUT2D eigenvalue weighted by atomic mass is 16.3. The molecule has 3 atom stereocenters. The van der Waals surface area contributed by atoms with Crippen molar-refractivity contribution in [1.82, 2.24) is 0 Å². The van der Waals surface area contributed by atoms with E-state index in [1.54, 1.807) is 0 Å². The maximum absolute atomic E-state index is 9.52. The van der Waals surface area contributed by atoms with Crippen molar-refractivity contribution >= 4 is 0 Å². The van der Waals surface area contributed by atoms with E-state index in [9.17, 15) is 5.11 Å². The first-order chi connectivity index (χ1) is 5.25. The Balaban J connectivity index is 2.10. The van der Waals surface area contributed by atoms with Gasteiger partial charge in [-0.05, 0) is 31.6 Å². The molecule has 11 heavy (non-hydrogen) atoms. The summed E-state index contributed by atoms with van der Waals surface area (Å²) in [7, 11) is 0. The van der Waals surface area contributed by atoms with Crippen molar-refractivity contribution < 1.29 is 5.11 Å². The smallest absolute Gasteiger partial charge is 0.0580 e. The Kier molecular flexibility index (Phi) is 2.96. The molecule has 0 spiro atoms. The minimum absolute atomic E-state index is 0.0918. The average molecular weight is 152 g/mol. The van der Waals surface area contributed by atoms with E-state index in [1.165, 1.54) is 6.42 Å². The van der Waals surface area contributed by atoms with E-state index in [0.717, 1.165) is 18.8 Å². The predicted octanol–water partition coefficient (Wildman–Crippen LogP) is 1.81. The van der Waals surface area contributed by atoms with Crippen molar-refractivity contribution in [1.29, 1.82) is 0 Å². The third kappa shape index (κ3) is 2.55. The molecule has 1 heteroatoms. The Morgan fingerprint density at radius 3 is 2.73 bits per heavy atom. The van der Waals surface area contributed by atoms with Crippen LogP contribution in [0.2, 0.25) is 0 Å². The predicted molar refractivity (Wildman–Crippen MR) is 46.0 cm³/mol. The number of hydrogen-bond acceptors (Lipinski definition) is 1. The van der Waals surface area contributed by atoms with E-state index in [1.807, 2.05) is 6.92 Å². The van der Waals surface area contributed by atoms with Crippen molar-refractivity contribution in [3.05, 3.63) is 0 Å². The first kappa shape index (κ1) is 8.62. The maximum Gasteiger partial charge on any atom is 0.0580 e. The van der Waals surface area contributed by atoms with Crippen molar-refractivity contribution in [2.75, 3.05) is 0 Å². The van der Waals surface area contributed by atoms with Crippen LogP contribution in [0.4, 0.5) is 0 Å². The first-order valence-electron chi connectivity index (χ1n) is 4.33. The Labute approximate surface area is 68.8 Å². The van der Waals surface area contributed by atoms with Crippen LogP contribution in [0.25, 0.3) is 0 Å². The van der Waals surface area contributed by atoms with Gasteiger partial charge in [-0.25, -0.2) is 0 Å². The Morgan fingerprint density at radius 1 is 1.64 bits per heavy atom. The lowest BCUT2D eigenvalue weighted by Crippen LogP contribution is -2.09. The van der Waals surface area contributed by atoms with E-state index in [4.69, 9.17) is 0 Å². The summed E-state index contributed by atoms with van der Waals surface area (Å²) in [6, 6.07) is 0. The number of aliphatic hydroxyl groups excluding tert-OH is 1. The minimum Gasteiger partial charge on any atom is -0.393 e. The SMILES string of the molecule is CC#CCCC(O)C1CC1C. The minimum atomic E-state index is -0.0918. The molecule has 0 aliphatic heterocycles. The summed E-state index contributed by atoms with van der Waals surface area (Å²) in [4.78, 5) is 0. The lowest BCUT2D eigenvalue weighted by molar-refractivity contribution is 0.138. The quantitative estimate of drug-likeness (QED) is 0.611. The second-order valence-corrected chi connectivity index (χ2v) is 3.41.